The van der Waals surface area contributed by atoms with Gasteiger partial charge in [0, 0.05) is 12.6 Å². The topological polar surface area (TPSA) is 101 Å². The lowest BCUT2D eigenvalue weighted by molar-refractivity contribution is -0.123. The highest BCUT2D eigenvalue weighted by molar-refractivity contribution is 6.61. The van der Waals surface area contributed by atoms with Gasteiger partial charge in [-0.15, -0.1) is 0 Å². The van der Waals surface area contributed by atoms with Crippen LogP contribution in [-0.2, 0) is 16.1 Å². The first-order valence-corrected chi connectivity index (χ1v) is 8.14. The molecule has 0 spiro atoms. The molecule has 26 heavy (non-hydrogen) atoms. The van der Waals surface area contributed by atoms with E-state index in [4.69, 9.17) is 19.4 Å². The van der Waals surface area contributed by atoms with E-state index in [1.807, 2.05) is 13.0 Å². The fourth-order valence-corrected chi connectivity index (χ4v) is 2.56. The van der Waals surface area contributed by atoms with Crippen molar-refractivity contribution in [3.05, 3.63) is 47.5 Å². The highest BCUT2D eigenvalue weighted by atomic mass is 16.5. The molecule has 3 rings (SSSR count). The highest BCUT2D eigenvalue weighted by Crippen LogP contribution is 2.33. The number of benzene rings is 2. The number of amides is 1. The maximum absolute atomic E-state index is 11.6. The minimum Gasteiger partial charge on any atom is -0.480 e. The average molecular weight is 352 g/mol. The van der Waals surface area contributed by atoms with Crippen LogP contribution in [0.4, 0.5) is 0 Å². The lowest BCUT2D eigenvalue weighted by Crippen LogP contribution is -2.28. The van der Waals surface area contributed by atoms with Gasteiger partial charge in [0.2, 0.25) is 0 Å². The van der Waals surface area contributed by atoms with Crippen LogP contribution in [0.1, 0.15) is 18.1 Å². The van der Waals surface area contributed by atoms with Crippen LogP contribution in [0.3, 0.4) is 0 Å². The third-order valence-corrected chi connectivity index (χ3v) is 3.81. The third kappa shape index (κ3) is 3.96. The first kappa shape index (κ1) is 17.8. The van der Waals surface area contributed by atoms with Gasteiger partial charge < -0.3 is 24.5 Å². The number of hydrogen-bond acceptors (Lipinski definition) is 6. The van der Waals surface area contributed by atoms with Gasteiger partial charge in [0.25, 0.3) is 5.91 Å². The summed E-state index contributed by atoms with van der Waals surface area (Å²) < 4.78 is 16.5. The van der Waals surface area contributed by atoms with Crippen molar-refractivity contribution in [3.63, 3.8) is 0 Å². The van der Waals surface area contributed by atoms with E-state index in [0.717, 1.165) is 5.56 Å². The molecular formula is C18H17BN2O5. The molecule has 0 saturated carbocycles. The van der Waals surface area contributed by atoms with Crippen molar-refractivity contribution < 1.29 is 23.9 Å². The molecule has 7 nitrogen and oxygen atoms in total. The van der Waals surface area contributed by atoms with Gasteiger partial charge in [-0.2, -0.15) is 5.26 Å². The molecule has 0 aliphatic carbocycles. The second kappa shape index (κ2) is 7.91. The summed E-state index contributed by atoms with van der Waals surface area (Å²) >= 11 is 0. The summed E-state index contributed by atoms with van der Waals surface area (Å²) in [6, 6.07) is 12.0. The van der Waals surface area contributed by atoms with Gasteiger partial charge in [-0.3, -0.25) is 4.79 Å². The molecule has 0 radical (unpaired) electrons. The summed E-state index contributed by atoms with van der Waals surface area (Å²) in [5, 5.41) is 21.4. The van der Waals surface area contributed by atoms with Crippen LogP contribution in [0.5, 0.6) is 17.2 Å². The minimum atomic E-state index is -0.912. The summed E-state index contributed by atoms with van der Waals surface area (Å²) in [6.07, 6.45) is 0. The second-order valence-electron chi connectivity index (χ2n) is 5.64. The zero-order chi connectivity index (χ0) is 18.5. The van der Waals surface area contributed by atoms with Crippen LogP contribution >= 0.6 is 0 Å². The molecule has 0 saturated heterocycles. The summed E-state index contributed by atoms with van der Waals surface area (Å²) in [5.74, 6) is 0.957. The largest absolute Gasteiger partial charge is 0.491 e. The molecule has 2 aromatic rings. The predicted molar refractivity (Wildman–Crippen MR) is 94.2 cm³/mol. The number of hydrogen-bond donors (Lipinski definition) is 2. The average Bonchev–Trinajstić information content (AvgIpc) is 3.01. The summed E-state index contributed by atoms with van der Waals surface area (Å²) in [7, 11) is -0.912. The van der Waals surface area contributed by atoms with Crippen molar-refractivity contribution in [2.24, 2.45) is 0 Å². The number of nitrogens with one attached hydrogen (secondary N) is 1. The van der Waals surface area contributed by atoms with Crippen molar-refractivity contribution in [1.82, 2.24) is 5.32 Å². The molecule has 0 fully saturated rings. The van der Waals surface area contributed by atoms with Gasteiger partial charge in [0.05, 0.1) is 18.2 Å². The normalized spacial score (nSPS) is 12.3. The van der Waals surface area contributed by atoms with Crippen LogP contribution in [0.2, 0.25) is 0 Å². The van der Waals surface area contributed by atoms with E-state index in [9.17, 15) is 9.82 Å². The van der Waals surface area contributed by atoms with Crippen molar-refractivity contribution in [2.45, 2.75) is 13.5 Å². The Labute approximate surface area is 151 Å². The number of nitriles is 1. The lowest BCUT2D eigenvalue weighted by atomic mass is 9.80. The monoisotopic (exact) mass is 352 g/mol. The SMILES string of the molecule is CCNC(=O)COc1cc(C#N)ccc1Oc1ccc2c(c1)COB2O. The van der Waals surface area contributed by atoms with Gasteiger partial charge in [0.15, 0.2) is 18.1 Å². The Hall–Kier alpha value is -3.02. The molecule has 1 aliphatic heterocycles. The number of carbonyl (C=O) groups is 1. The Kier molecular flexibility index (Phi) is 5.41. The Morgan fingerprint density at radius 3 is 2.96 bits per heavy atom. The Morgan fingerprint density at radius 2 is 2.19 bits per heavy atom. The van der Waals surface area contributed by atoms with Gasteiger partial charge in [-0.25, -0.2) is 0 Å². The molecule has 8 heteroatoms. The molecule has 1 heterocycles. The maximum atomic E-state index is 11.6. The number of carbonyl (C=O) groups excluding carboxylic acids is 1. The molecule has 0 aromatic heterocycles. The number of rotatable bonds is 6. The maximum Gasteiger partial charge on any atom is 0.491 e. The van der Waals surface area contributed by atoms with Crippen LogP contribution < -0.4 is 20.3 Å². The van der Waals surface area contributed by atoms with Gasteiger partial charge in [-0.1, -0.05) is 6.07 Å². The predicted octanol–water partition coefficient (Wildman–Crippen LogP) is 1.08. The standard InChI is InChI=1S/C18H17BN2O5/c1-2-21-18(22)11-24-17-7-12(9-20)3-6-16(17)26-14-4-5-15-13(8-14)10-25-19(15)23/h3-8,23H,2,10-11H2,1H3,(H,21,22). The minimum absolute atomic E-state index is 0.177. The summed E-state index contributed by atoms with van der Waals surface area (Å²) in [4.78, 5) is 11.6. The van der Waals surface area contributed by atoms with Crippen LogP contribution in [0.15, 0.2) is 36.4 Å². The Morgan fingerprint density at radius 1 is 1.35 bits per heavy atom. The third-order valence-electron chi connectivity index (χ3n) is 3.81. The number of nitrogens with zero attached hydrogens (tertiary/aromatic N) is 1. The number of ether oxygens (including phenoxy) is 2. The number of likely N-dealkylation sites (N-methyl/N-ethyl adjacent to an activating group) is 1. The second-order valence-corrected chi connectivity index (χ2v) is 5.64. The van der Waals surface area contributed by atoms with Crippen molar-refractivity contribution >= 4 is 18.5 Å². The van der Waals surface area contributed by atoms with E-state index in [2.05, 4.69) is 5.32 Å². The quantitative estimate of drug-likeness (QED) is 0.755. The van der Waals surface area contributed by atoms with Crippen molar-refractivity contribution in [1.29, 1.82) is 5.26 Å². The lowest BCUT2D eigenvalue weighted by Gasteiger charge is -2.13. The zero-order valence-corrected chi connectivity index (χ0v) is 14.2. The van der Waals surface area contributed by atoms with E-state index in [0.29, 0.717) is 41.4 Å². The molecule has 0 unspecified atom stereocenters. The van der Waals surface area contributed by atoms with Gasteiger partial charge in [0.1, 0.15) is 5.75 Å². The van der Waals surface area contributed by atoms with E-state index in [1.54, 1.807) is 30.3 Å². The molecule has 132 valence electrons. The molecule has 0 bridgehead atoms. The molecule has 2 N–H and O–H groups in total. The van der Waals surface area contributed by atoms with E-state index < -0.39 is 7.12 Å². The fourth-order valence-electron chi connectivity index (χ4n) is 2.56. The van der Waals surface area contributed by atoms with Crippen molar-refractivity contribution in [2.75, 3.05) is 13.2 Å². The van der Waals surface area contributed by atoms with Crippen LogP contribution in [0.25, 0.3) is 0 Å². The van der Waals surface area contributed by atoms with Crippen LogP contribution in [0, 0.1) is 11.3 Å². The Bertz CT molecular complexity index is 865. The smallest absolute Gasteiger partial charge is 0.480 e. The van der Waals surface area contributed by atoms with Crippen LogP contribution in [-0.4, -0.2) is 31.2 Å². The zero-order valence-electron chi connectivity index (χ0n) is 14.2. The molecule has 1 aliphatic rings. The molecule has 1 amide bonds. The van der Waals surface area contributed by atoms with E-state index in [1.165, 1.54) is 6.07 Å². The summed E-state index contributed by atoms with van der Waals surface area (Å²) in [5.41, 5.74) is 1.95. The molecule has 2 aromatic carbocycles. The number of fused-ring (bicyclic) bond motifs is 1. The Balaban J connectivity index is 1.80. The van der Waals surface area contributed by atoms with E-state index in [-0.39, 0.29) is 12.5 Å². The van der Waals surface area contributed by atoms with Gasteiger partial charge in [-0.05, 0) is 42.2 Å². The van der Waals surface area contributed by atoms with Crippen molar-refractivity contribution in [3.8, 4) is 23.3 Å². The fraction of sp³-hybridized carbons (Fsp3) is 0.222. The first-order valence-electron chi connectivity index (χ1n) is 8.14. The van der Waals surface area contributed by atoms with Gasteiger partial charge >= 0.3 is 7.12 Å². The highest BCUT2D eigenvalue weighted by Gasteiger charge is 2.27. The molecular weight excluding hydrogens is 335 g/mol. The summed E-state index contributed by atoms with van der Waals surface area (Å²) in [6.45, 7) is 2.45. The first-order chi connectivity index (χ1) is 12.6. The van der Waals surface area contributed by atoms with E-state index >= 15 is 0 Å². The molecule has 0 atom stereocenters.